The minimum absolute atomic E-state index is 0.0375. The van der Waals surface area contributed by atoms with E-state index in [-0.39, 0.29) is 29.7 Å². The number of carbonyl (C=O) groups excluding carboxylic acids is 1. The van der Waals surface area contributed by atoms with Crippen LogP contribution in [0.25, 0.3) is 0 Å². The molecule has 0 spiro atoms. The first kappa shape index (κ1) is 29.1. The molecule has 3 aromatic carbocycles. The van der Waals surface area contributed by atoms with E-state index in [0.29, 0.717) is 31.7 Å². The number of halogens is 1. The van der Waals surface area contributed by atoms with Gasteiger partial charge in [0.1, 0.15) is 5.82 Å². The molecule has 0 aliphatic rings. The van der Waals surface area contributed by atoms with Gasteiger partial charge in [0.25, 0.3) is 0 Å². The zero-order valence-corrected chi connectivity index (χ0v) is 23.0. The number of nitriles is 1. The average molecular weight is 514 g/mol. The molecule has 0 aliphatic heterocycles. The molecule has 38 heavy (non-hydrogen) atoms. The zero-order valence-electron chi connectivity index (χ0n) is 23.0. The Balaban J connectivity index is 1.71. The molecule has 0 bridgehead atoms. The fourth-order valence-corrected chi connectivity index (χ4v) is 5.06. The Kier molecular flexibility index (Phi) is 10.6. The molecule has 1 unspecified atom stereocenters. The number of amides is 1. The largest absolute Gasteiger partial charge is 0.355 e. The smallest absolute Gasteiger partial charge is 0.237 e. The van der Waals surface area contributed by atoms with Crippen LogP contribution in [0.4, 0.5) is 4.39 Å². The molecule has 0 saturated carbocycles. The molecule has 4 nitrogen and oxygen atoms in total. The van der Waals surface area contributed by atoms with Gasteiger partial charge in [0.2, 0.25) is 5.91 Å². The van der Waals surface area contributed by atoms with Crippen molar-refractivity contribution in [2.24, 2.45) is 11.8 Å². The predicted molar refractivity (Wildman–Crippen MR) is 152 cm³/mol. The van der Waals surface area contributed by atoms with Crippen LogP contribution in [0.3, 0.4) is 0 Å². The van der Waals surface area contributed by atoms with Crippen LogP contribution in [0, 0.1) is 29.0 Å². The number of rotatable bonds is 13. The van der Waals surface area contributed by atoms with Gasteiger partial charge < -0.3 is 5.32 Å². The van der Waals surface area contributed by atoms with Gasteiger partial charge in [0, 0.05) is 6.54 Å². The topological polar surface area (TPSA) is 64.9 Å². The minimum Gasteiger partial charge on any atom is -0.355 e. The number of hydrogen-bond donors (Lipinski definition) is 2. The molecule has 1 amide bonds. The normalized spacial score (nSPS) is 13.8. The first-order valence-electron chi connectivity index (χ1n) is 13.6. The van der Waals surface area contributed by atoms with Crippen molar-refractivity contribution in [2.75, 3.05) is 6.54 Å². The van der Waals surface area contributed by atoms with Crippen LogP contribution in [0.1, 0.15) is 69.7 Å². The van der Waals surface area contributed by atoms with Crippen LogP contribution in [-0.4, -0.2) is 18.5 Å². The molecule has 3 rings (SSSR count). The molecule has 200 valence electrons. The van der Waals surface area contributed by atoms with Gasteiger partial charge >= 0.3 is 0 Å². The fraction of sp³-hybridized carbons (Fsp3) is 0.394. The highest BCUT2D eigenvalue weighted by molar-refractivity contribution is 5.81. The average Bonchev–Trinajstić information content (AvgIpc) is 2.92. The molecule has 0 heterocycles. The summed E-state index contributed by atoms with van der Waals surface area (Å²) < 4.78 is 13.5. The standard InChI is InChI=1S/C33H40FN3O/c1-24(2)22-30(37-31(26-12-7-5-8-13-26)27-14-9-6-10-15-27)32(38)36-21-11-20-33(23-35,25(3)4)28-16-18-29(34)19-17-28/h5-10,12-19,24-25,30-31,37H,11,20-22H2,1-4H3,(H,36,38)/t30-,33?/m0/s1. The van der Waals surface area contributed by atoms with Gasteiger partial charge in [-0.1, -0.05) is 100 Å². The summed E-state index contributed by atoms with van der Waals surface area (Å²) in [5.41, 5.74) is 2.29. The highest BCUT2D eigenvalue weighted by Crippen LogP contribution is 2.36. The summed E-state index contributed by atoms with van der Waals surface area (Å²) in [6.45, 7) is 8.74. The molecule has 0 fully saturated rings. The van der Waals surface area contributed by atoms with E-state index >= 15 is 0 Å². The van der Waals surface area contributed by atoms with E-state index in [2.05, 4.69) is 54.8 Å². The molecule has 0 saturated heterocycles. The Bertz CT molecular complexity index is 1130. The lowest BCUT2D eigenvalue weighted by Gasteiger charge is -2.32. The Morgan fingerprint density at radius 2 is 1.45 bits per heavy atom. The molecular formula is C33H40FN3O. The van der Waals surface area contributed by atoms with Gasteiger partial charge in [0.15, 0.2) is 0 Å². The summed E-state index contributed by atoms with van der Waals surface area (Å²) in [5.74, 6) is 0.0201. The van der Waals surface area contributed by atoms with E-state index in [4.69, 9.17) is 0 Å². The van der Waals surface area contributed by atoms with Crippen molar-refractivity contribution in [1.82, 2.24) is 10.6 Å². The molecule has 2 N–H and O–H groups in total. The predicted octanol–water partition coefficient (Wildman–Crippen LogP) is 6.93. The van der Waals surface area contributed by atoms with E-state index in [0.717, 1.165) is 16.7 Å². The Morgan fingerprint density at radius 3 is 1.92 bits per heavy atom. The second-order valence-corrected chi connectivity index (χ2v) is 10.7. The lowest BCUT2D eigenvalue weighted by atomic mass is 9.70. The minimum atomic E-state index is -0.736. The molecule has 0 aliphatic carbocycles. The first-order valence-corrected chi connectivity index (χ1v) is 13.6. The quantitative estimate of drug-likeness (QED) is 0.244. The van der Waals surface area contributed by atoms with E-state index in [9.17, 15) is 14.4 Å². The van der Waals surface area contributed by atoms with Crippen molar-refractivity contribution < 1.29 is 9.18 Å². The summed E-state index contributed by atoms with van der Waals surface area (Å²) in [6.07, 6.45) is 1.92. The summed E-state index contributed by atoms with van der Waals surface area (Å²) in [7, 11) is 0. The molecule has 3 aromatic rings. The number of nitrogens with zero attached hydrogens (tertiary/aromatic N) is 1. The Labute approximate surface area is 227 Å². The van der Waals surface area contributed by atoms with Gasteiger partial charge in [-0.2, -0.15) is 5.26 Å². The lowest BCUT2D eigenvalue weighted by Crippen LogP contribution is -2.47. The van der Waals surface area contributed by atoms with Crippen molar-refractivity contribution in [2.45, 2.75) is 64.5 Å². The zero-order chi connectivity index (χ0) is 27.5. The fourth-order valence-electron chi connectivity index (χ4n) is 5.06. The molecule has 5 heteroatoms. The van der Waals surface area contributed by atoms with Crippen LogP contribution >= 0.6 is 0 Å². The van der Waals surface area contributed by atoms with Gasteiger partial charge in [-0.05, 0) is 59.9 Å². The van der Waals surface area contributed by atoms with Gasteiger partial charge in [-0.3, -0.25) is 10.1 Å². The van der Waals surface area contributed by atoms with E-state index in [1.807, 2.05) is 50.2 Å². The maximum absolute atomic E-state index is 13.5. The number of hydrogen-bond acceptors (Lipinski definition) is 3. The SMILES string of the molecule is CC(C)C[C@H](NC(c1ccccc1)c1ccccc1)C(=O)NCCCC(C#N)(c1ccc(F)cc1)C(C)C. The highest BCUT2D eigenvalue weighted by Gasteiger charge is 2.35. The maximum Gasteiger partial charge on any atom is 0.237 e. The second kappa shape index (κ2) is 13.9. The summed E-state index contributed by atoms with van der Waals surface area (Å²) in [5, 5.41) is 16.9. The van der Waals surface area contributed by atoms with Crippen LogP contribution in [0.2, 0.25) is 0 Å². The van der Waals surface area contributed by atoms with Crippen molar-refractivity contribution in [3.8, 4) is 6.07 Å². The van der Waals surface area contributed by atoms with Gasteiger partial charge in [-0.25, -0.2) is 4.39 Å². The third-order valence-corrected chi connectivity index (χ3v) is 7.25. The van der Waals surface area contributed by atoms with Crippen molar-refractivity contribution in [1.29, 1.82) is 5.26 Å². The lowest BCUT2D eigenvalue weighted by molar-refractivity contribution is -0.123. The van der Waals surface area contributed by atoms with E-state index in [1.54, 1.807) is 12.1 Å². The van der Waals surface area contributed by atoms with Crippen molar-refractivity contribution in [3.05, 3.63) is 107 Å². The summed E-state index contributed by atoms with van der Waals surface area (Å²) in [4.78, 5) is 13.4. The first-order chi connectivity index (χ1) is 18.3. The van der Waals surface area contributed by atoms with Crippen LogP contribution in [-0.2, 0) is 10.2 Å². The Morgan fingerprint density at radius 1 is 0.895 bits per heavy atom. The second-order valence-electron chi connectivity index (χ2n) is 10.7. The maximum atomic E-state index is 13.5. The van der Waals surface area contributed by atoms with Crippen LogP contribution < -0.4 is 10.6 Å². The summed E-state index contributed by atoms with van der Waals surface area (Å²) in [6, 6.07) is 28.6. The monoisotopic (exact) mass is 513 g/mol. The highest BCUT2D eigenvalue weighted by atomic mass is 19.1. The Hall–Kier alpha value is -3.49. The third kappa shape index (κ3) is 7.52. The van der Waals surface area contributed by atoms with Crippen LogP contribution in [0.15, 0.2) is 84.9 Å². The number of benzene rings is 3. The van der Waals surface area contributed by atoms with Crippen LogP contribution in [0.5, 0.6) is 0 Å². The van der Waals surface area contributed by atoms with Gasteiger partial charge in [-0.15, -0.1) is 0 Å². The van der Waals surface area contributed by atoms with E-state index in [1.165, 1.54) is 12.1 Å². The molecule has 0 radical (unpaired) electrons. The van der Waals surface area contributed by atoms with Crippen molar-refractivity contribution in [3.63, 3.8) is 0 Å². The number of nitrogens with one attached hydrogen (secondary N) is 2. The number of carbonyl (C=O) groups is 1. The van der Waals surface area contributed by atoms with E-state index < -0.39 is 5.41 Å². The molecule has 2 atom stereocenters. The van der Waals surface area contributed by atoms with Gasteiger partial charge in [0.05, 0.1) is 23.6 Å². The molecule has 0 aromatic heterocycles. The van der Waals surface area contributed by atoms with Crippen molar-refractivity contribution >= 4 is 5.91 Å². The third-order valence-electron chi connectivity index (χ3n) is 7.25. The molecular weight excluding hydrogens is 473 g/mol. The summed E-state index contributed by atoms with van der Waals surface area (Å²) >= 11 is 0.